The monoisotopic (exact) mass is 484 g/mol. The van der Waals surface area contributed by atoms with Gasteiger partial charge in [-0.1, -0.05) is 42.5 Å². The Labute approximate surface area is 210 Å². The van der Waals surface area contributed by atoms with E-state index in [9.17, 15) is 5.11 Å². The largest absolute Gasteiger partial charge is 0.507 e. The molecule has 1 aliphatic heterocycles. The average molecular weight is 485 g/mol. The molecule has 184 valence electrons. The van der Waals surface area contributed by atoms with E-state index in [1.807, 2.05) is 77.8 Å². The highest BCUT2D eigenvalue weighted by Crippen LogP contribution is 2.47. The molecule has 0 saturated heterocycles. The SMILES string of the molecule is COc1cc(OC)c(C2CC(c3ccc4ccccc4c3O)=NN2c2ccccc2OC)cc1OC. The first-order valence-electron chi connectivity index (χ1n) is 11.6. The number of benzene rings is 4. The second kappa shape index (κ2) is 9.70. The van der Waals surface area contributed by atoms with E-state index < -0.39 is 0 Å². The van der Waals surface area contributed by atoms with Gasteiger partial charge in [0.1, 0.15) is 22.9 Å². The quantitative estimate of drug-likeness (QED) is 0.350. The summed E-state index contributed by atoms with van der Waals surface area (Å²) in [5, 5.41) is 19.9. The average Bonchev–Trinajstić information content (AvgIpc) is 3.37. The predicted molar refractivity (Wildman–Crippen MR) is 141 cm³/mol. The van der Waals surface area contributed by atoms with Crippen LogP contribution in [0.5, 0.6) is 28.7 Å². The van der Waals surface area contributed by atoms with Gasteiger partial charge in [0.2, 0.25) is 0 Å². The molecule has 5 rings (SSSR count). The molecule has 4 aromatic carbocycles. The summed E-state index contributed by atoms with van der Waals surface area (Å²) in [6, 6.07) is 22.9. The van der Waals surface area contributed by atoms with Crippen LogP contribution in [0.3, 0.4) is 0 Å². The van der Waals surface area contributed by atoms with Crippen molar-refractivity contribution in [2.24, 2.45) is 5.10 Å². The summed E-state index contributed by atoms with van der Waals surface area (Å²) >= 11 is 0. The van der Waals surface area contributed by atoms with Gasteiger partial charge in [0.05, 0.1) is 40.2 Å². The Hall–Kier alpha value is -4.39. The lowest BCUT2D eigenvalue weighted by Gasteiger charge is -2.27. The molecule has 0 saturated carbocycles. The van der Waals surface area contributed by atoms with Crippen molar-refractivity contribution in [1.82, 2.24) is 0 Å². The number of methoxy groups -OCH3 is 4. The minimum atomic E-state index is -0.253. The van der Waals surface area contributed by atoms with E-state index in [1.165, 1.54) is 0 Å². The molecule has 1 N–H and O–H groups in total. The van der Waals surface area contributed by atoms with Crippen molar-refractivity contribution in [2.45, 2.75) is 12.5 Å². The number of fused-ring (bicyclic) bond motifs is 1. The first-order chi connectivity index (χ1) is 17.6. The minimum Gasteiger partial charge on any atom is -0.507 e. The van der Waals surface area contributed by atoms with Crippen molar-refractivity contribution in [3.05, 3.63) is 83.9 Å². The zero-order chi connectivity index (χ0) is 25.2. The van der Waals surface area contributed by atoms with Crippen molar-refractivity contribution >= 4 is 22.2 Å². The van der Waals surface area contributed by atoms with Gasteiger partial charge >= 0.3 is 0 Å². The third-order valence-electron chi connectivity index (χ3n) is 6.55. The van der Waals surface area contributed by atoms with Crippen LogP contribution >= 0.6 is 0 Å². The van der Waals surface area contributed by atoms with Crippen LogP contribution in [0.15, 0.2) is 77.9 Å². The van der Waals surface area contributed by atoms with Gasteiger partial charge in [-0.15, -0.1) is 0 Å². The molecule has 0 fully saturated rings. The smallest absolute Gasteiger partial charge is 0.164 e. The van der Waals surface area contributed by atoms with Gasteiger partial charge in [-0.25, -0.2) is 0 Å². The standard InChI is InChI=1S/C29H28N2O5/c1-33-25-12-8-7-11-23(25)31-24(21-15-27(35-3)28(36-4)17-26(21)34-2)16-22(30-31)20-14-13-18-9-5-6-10-19(18)29(20)32/h5-15,17,24,32H,16H2,1-4H3. The Kier molecular flexibility index (Phi) is 6.29. The van der Waals surface area contributed by atoms with E-state index in [0.717, 1.165) is 27.7 Å². The summed E-state index contributed by atoms with van der Waals surface area (Å²) in [4.78, 5) is 0. The lowest BCUT2D eigenvalue weighted by atomic mass is 9.95. The summed E-state index contributed by atoms with van der Waals surface area (Å²) in [7, 11) is 6.47. The molecule has 7 nitrogen and oxygen atoms in total. The molecule has 1 heterocycles. The molecular weight excluding hydrogens is 456 g/mol. The van der Waals surface area contributed by atoms with Gasteiger partial charge in [0.25, 0.3) is 0 Å². The van der Waals surface area contributed by atoms with Gasteiger partial charge in [-0.3, -0.25) is 5.01 Å². The van der Waals surface area contributed by atoms with Crippen LogP contribution in [-0.4, -0.2) is 39.3 Å². The van der Waals surface area contributed by atoms with Crippen LogP contribution in [0.25, 0.3) is 10.8 Å². The number of aromatic hydroxyl groups is 1. The number of hydrazone groups is 1. The highest BCUT2D eigenvalue weighted by atomic mass is 16.5. The Morgan fingerprint density at radius 2 is 1.42 bits per heavy atom. The van der Waals surface area contributed by atoms with Crippen LogP contribution < -0.4 is 24.0 Å². The summed E-state index contributed by atoms with van der Waals surface area (Å²) < 4.78 is 22.5. The fourth-order valence-electron chi connectivity index (χ4n) is 4.76. The minimum absolute atomic E-state index is 0.215. The molecule has 0 aliphatic carbocycles. The van der Waals surface area contributed by atoms with Crippen LogP contribution in [0.1, 0.15) is 23.6 Å². The van der Waals surface area contributed by atoms with Crippen molar-refractivity contribution < 1.29 is 24.1 Å². The number of hydrogen-bond acceptors (Lipinski definition) is 7. The number of ether oxygens (including phenoxy) is 4. The first kappa shape index (κ1) is 23.4. The summed E-state index contributed by atoms with van der Waals surface area (Å²) in [6.07, 6.45) is 0.524. The van der Waals surface area contributed by atoms with E-state index >= 15 is 0 Å². The van der Waals surface area contributed by atoms with E-state index in [2.05, 4.69) is 0 Å². The van der Waals surface area contributed by atoms with Crippen molar-refractivity contribution in [3.63, 3.8) is 0 Å². The third kappa shape index (κ3) is 3.92. The fraction of sp³-hybridized carbons (Fsp3) is 0.207. The van der Waals surface area contributed by atoms with Crippen LogP contribution in [0, 0.1) is 0 Å². The molecule has 7 heteroatoms. The molecule has 4 aromatic rings. The van der Waals surface area contributed by atoms with E-state index in [0.29, 0.717) is 35.0 Å². The molecule has 36 heavy (non-hydrogen) atoms. The van der Waals surface area contributed by atoms with E-state index in [-0.39, 0.29) is 11.8 Å². The number of para-hydroxylation sites is 2. The van der Waals surface area contributed by atoms with Gasteiger partial charge in [0, 0.05) is 29.0 Å². The zero-order valence-corrected chi connectivity index (χ0v) is 20.7. The summed E-state index contributed by atoms with van der Waals surface area (Å²) in [5.41, 5.74) is 3.12. The number of nitrogens with zero attached hydrogens (tertiary/aromatic N) is 2. The van der Waals surface area contributed by atoms with Crippen molar-refractivity contribution in [3.8, 4) is 28.7 Å². The Morgan fingerprint density at radius 1 is 0.750 bits per heavy atom. The van der Waals surface area contributed by atoms with Gasteiger partial charge in [0.15, 0.2) is 11.5 Å². The normalized spacial score (nSPS) is 15.1. The highest BCUT2D eigenvalue weighted by Gasteiger charge is 2.35. The number of anilines is 1. The molecule has 1 atom stereocenters. The van der Waals surface area contributed by atoms with Gasteiger partial charge in [-0.05, 0) is 29.7 Å². The molecular formula is C29H28N2O5. The van der Waals surface area contributed by atoms with Crippen LogP contribution in [-0.2, 0) is 0 Å². The van der Waals surface area contributed by atoms with Crippen molar-refractivity contribution in [1.29, 1.82) is 0 Å². The maximum atomic E-state index is 11.2. The summed E-state index contributed by atoms with van der Waals surface area (Å²) in [6.45, 7) is 0. The first-order valence-corrected chi connectivity index (χ1v) is 11.6. The predicted octanol–water partition coefficient (Wildman–Crippen LogP) is 5.94. The Balaban J connectivity index is 1.68. The van der Waals surface area contributed by atoms with Crippen LogP contribution in [0.4, 0.5) is 5.69 Å². The molecule has 0 bridgehead atoms. The van der Waals surface area contributed by atoms with Crippen LogP contribution in [0.2, 0.25) is 0 Å². The topological polar surface area (TPSA) is 72.8 Å². The maximum Gasteiger partial charge on any atom is 0.164 e. The number of hydrogen-bond donors (Lipinski definition) is 1. The van der Waals surface area contributed by atoms with Crippen molar-refractivity contribution in [2.75, 3.05) is 33.4 Å². The molecule has 0 radical (unpaired) electrons. The molecule has 0 amide bonds. The van der Waals surface area contributed by atoms with E-state index in [1.54, 1.807) is 28.4 Å². The van der Waals surface area contributed by atoms with Gasteiger partial charge in [-0.2, -0.15) is 5.10 Å². The number of rotatable bonds is 7. The second-order valence-corrected chi connectivity index (χ2v) is 8.42. The van der Waals surface area contributed by atoms with E-state index in [4.69, 9.17) is 24.0 Å². The lowest BCUT2D eigenvalue weighted by molar-refractivity contribution is 0.346. The maximum absolute atomic E-state index is 11.2. The zero-order valence-electron chi connectivity index (χ0n) is 20.7. The third-order valence-corrected chi connectivity index (χ3v) is 6.55. The Morgan fingerprint density at radius 3 is 2.17 bits per heavy atom. The number of phenolic OH excluding ortho intramolecular Hbond substituents is 1. The van der Waals surface area contributed by atoms with Gasteiger partial charge < -0.3 is 24.1 Å². The Bertz CT molecular complexity index is 1450. The number of phenols is 1. The fourth-order valence-corrected chi connectivity index (χ4v) is 4.76. The molecule has 0 aromatic heterocycles. The lowest BCUT2D eigenvalue weighted by Crippen LogP contribution is -2.20. The molecule has 0 spiro atoms. The second-order valence-electron chi connectivity index (χ2n) is 8.42. The summed E-state index contributed by atoms with van der Waals surface area (Å²) in [5.74, 6) is 2.72. The molecule has 1 aliphatic rings. The molecule has 1 unspecified atom stereocenters. The highest BCUT2D eigenvalue weighted by molar-refractivity contribution is 6.09.